The van der Waals surface area contributed by atoms with Gasteiger partial charge in [0.1, 0.15) is 18.4 Å². The molecule has 0 saturated carbocycles. The monoisotopic (exact) mass is 456 g/mol. The Balaban J connectivity index is 1.73. The number of hydrogen-bond acceptors (Lipinski definition) is 4. The van der Waals surface area contributed by atoms with Crippen molar-refractivity contribution in [1.29, 1.82) is 0 Å². The van der Waals surface area contributed by atoms with Gasteiger partial charge in [-0.2, -0.15) is 0 Å². The fourth-order valence-electron chi connectivity index (χ4n) is 3.91. The summed E-state index contributed by atoms with van der Waals surface area (Å²) in [4.78, 5) is 6.71. The van der Waals surface area contributed by atoms with E-state index >= 15 is 0 Å². The minimum atomic E-state index is -0.0923. The standard InChI is InChI=1S/C23H25ClN4O2S/c1-3-27-12-6-8-19(27)22-21(18-7-4-5-11-25-18)26-23(31)28(22)16-9-10-20(17(24)15-16)30-14-13-29-2/h4-12,15,21-22H,3,13-14H2,1-2H3,(H,26,31)/t21-,22+/m0/s1. The molecule has 0 spiro atoms. The molecular formula is C23H25ClN4O2S. The molecule has 4 rings (SSSR count). The topological polar surface area (TPSA) is 51.6 Å². The number of ether oxygens (including phenoxy) is 2. The van der Waals surface area contributed by atoms with Crippen molar-refractivity contribution < 1.29 is 9.47 Å². The third kappa shape index (κ3) is 4.39. The van der Waals surface area contributed by atoms with Crippen molar-refractivity contribution in [2.75, 3.05) is 25.2 Å². The first-order valence-corrected chi connectivity index (χ1v) is 11.0. The number of anilines is 1. The van der Waals surface area contributed by atoms with Gasteiger partial charge < -0.3 is 24.3 Å². The highest BCUT2D eigenvalue weighted by Gasteiger charge is 2.42. The Hall–Kier alpha value is -2.61. The van der Waals surface area contributed by atoms with E-state index in [2.05, 4.69) is 45.0 Å². The second-order valence-corrected chi connectivity index (χ2v) is 7.97. The van der Waals surface area contributed by atoms with Crippen LogP contribution < -0.4 is 15.0 Å². The van der Waals surface area contributed by atoms with Gasteiger partial charge in [-0.1, -0.05) is 17.7 Å². The highest BCUT2D eigenvalue weighted by atomic mass is 35.5. The number of pyridine rings is 1. The first-order valence-electron chi connectivity index (χ1n) is 10.2. The van der Waals surface area contributed by atoms with Crippen molar-refractivity contribution in [2.24, 2.45) is 0 Å². The maximum absolute atomic E-state index is 6.55. The number of nitrogens with zero attached hydrogens (tertiary/aromatic N) is 3. The van der Waals surface area contributed by atoms with Crippen LogP contribution in [0.2, 0.25) is 5.02 Å². The quantitative estimate of drug-likeness (QED) is 0.389. The fraction of sp³-hybridized carbons (Fsp3) is 0.304. The molecule has 8 heteroatoms. The molecule has 0 bridgehead atoms. The maximum Gasteiger partial charge on any atom is 0.174 e. The predicted octanol–water partition coefficient (Wildman–Crippen LogP) is 4.76. The van der Waals surface area contributed by atoms with Crippen molar-refractivity contribution in [1.82, 2.24) is 14.9 Å². The summed E-state index contributed by atoms with van der Waals surface area (Å²) in [6, 6.07) is 15.7. The SMILES string of the molecule is CCn1cccc1[C@@H]1[C@H](c2ccccn2)NC(=S)N1c1ccc(OCCOC)c(Cl)c1. The lowest BCUT2D eigenvalue weighted by atomic mass is 10.0. The molecular weight excluding hydrogens is 432 g/mol. The molecule has 6 nitrogen and oxygen atoms in total. The summed E-state index contributed by atoms with van der Waals surface area (Å²) in [7, 11) is 1.64. The third-order valence-corrected chi connectivity index (χ3v) is 5.96. The molecule has 2 aromatic heterocycles. The Kier molecular flexibility index (Phi) is 6.75. The summed E-state index contributed by atoms with van der Waals surface area (Å²) in [5.41, 5.74) is 2.99. The summed E-state index contributed by atoms with van der Waals surface area (Å²) in [5, 5.41) is 4.64. The summed E-state index contributed by atoms with van der Waals surface area (Å²) in [5.74, 6) is 0.621. The number of thiocarbonyl (C=S) groups is 1. The molecule has 1 N–H and O–H groups in total. The van der Waals surface area contributed by atoms with Crippen molar-refractivity contribution >= 4 is 34.6 Å². The molecule has 162 valence electrons. The van der Waals surface area contributed by atoms with Crippen molar-refractivity contribution in [3.8, 4) is 5.75 Å². The van der Waals surface area contributed by atoms with Gasteiger partial charge >= 0.3 is 0 Å². The highest BCUT2D eigenvalue weighted by Crippen LogP contribution is 2.43. The van der Waals surface area contributed by atoms with Crippen LogP contribution in [0.4, 0.5) is 5.69 Å². The van der Waals surface area contributed by atoms with E-state index in [-0.39, 0.29) is 12.1 Å². The summed E-state index contributed by atoms with van der Waals surface area (Å²) in [6.07, 6.45) is 3.89. The van der Waals surface area contributed by atoms with Gasteiger partial charge in [0.2, 0.25) is 0 Å². The predicted molar refractivity (Wildman–Crippen MR) is 127 cm³/mol. The smallest absolute Gasteiger partial charge is 0.174 e. The minimum absolute atomic E-state index is 0.0753. The highest BCUT2D eigenvalue weighted by molar-refractivity contribution is 7.80. The van der Waals surface area contributed by atoms with E-state index in [1.165, 1.54) is 0 Å². The van der Waals surface area contributed by atoms with Gasteiger partial charge in [0.05, 0.1) is 23.4 Å². The Morgan fingerprint density at radius 1 is 1.16 bits per heavy atom. The summed E-state index contributed by atoms with van der Waals surface area (Å²) in [6.45, 7) is 3.93. The number of methoxy groups -OCH3 is 1. The van der Waals surface area contributed by atoms with Crippen molar-refractivity contribution in [3.05, 3.63) is 77.3 Å². The van der Waals surface area contributed by atoms with E-state index < -0.39 is 0 Å². The molecule has 1 aromatic carbocycles. The molecule has 0 unspecified atom stereocenters. The first kappa shape index (κ1) is 21.6. The lowest BCUT2D eigenvalue weighted by Crippen LogP contribution is -2.30. The molecule has 0 aliphatic carbocycles. The van der Waals surface area contributed by atoms with Crippen LogP contribution in [0.5, 0.6) is 5.75 Å². The maximum atomic E-state index is 6.55. The zero-order valence-electron chi connectivity index (χ0n) is 17.5. The average Bonchev–Trinajstić information content (AvgIpc) is 3.39. The van der Waals surface area contributed by atoms with Crippen LogP contribution in [0, 0.1) is 0 Å². The first-order chi connectivity index (χ1) is 15.1. The second-order valence-electron chi connectivity index (χ2n) is 7.17. The molecule has 1 aliphatic rings. The third-order valence-electron chi connectivity index (χ3n) is 5.35. The lowest BCUT2D eigenvalue weighted by Gasteiger charge is -2.29. The van der Waals surface area contributed by atoms with E-state index in [9.17, 15) is 0 Å². The number of nitrogens with one attached hydrogen (secondary N) is 1. The van der Waals surface area contributed by atoms with E-state index in [1.54, 1.807) is 7.11 Å². The number of hydrogen-bond donors (Lipinski definition) is 1. The van der Waals surface area contributed by atoms with E-state index in [1.807, 2.05) is 42.6 Å². The van der Waals surface area contributed by atoms with Gasteiger partial charge in [0.25, 0.3) is 0 Å². The van der Waals surface area contributed by atoms with Crippen LogP contribution in [-0.4, -0.2) is 35.0 Å². The molecule has 0 amide bonds. The number of benzene rings is 1. The summed E-state index contributed by atoms with van der Waals surface area (Å²) >= 11 is 12.3. The largest absolute Gasteiger partial charge is 0.490 e. The molecule has 1 fully saturated rings. The van der Waals surface area contributed by atoms with Gasteiger partial charge in [-0.3, -0.25) is 4.98 Å². The average molecular weight is 457 g/mol. The number of aromatic nitrogens is 2. The Morgan fingerprint density at radius 2 is 2.03 bits per heavy atom. The van der Waals surface area contributed by atoms with Gasteiger partial charge in [-0.25, -0.2) is 0 Å². The van der Waals surface area contributed by atoms with Crippen LogP contribution in [0.15, 0.2) is 60.9 Å². The van der Waals surface area contributed by atoms with Crippen LogP contribution >= 0.6 is 23.8 Å². The van der Waals surface area contributed by atoms with Gasteiger partial charge in [0.15, 0.2) is 5.11 Å². The molecule has 2 atom stereocenters. The zero-order chi connectivity index (χ0) is 21.8. The summed E-state index contributed by atoms with van der Waals surface area (Å²) < 4.78 is 13.0. The Bertz CT molecular complexity index is 1040. The second kappa shape index (κ2) is 9.68. The minimum Gasteiger partial charge on any atom is -0.490 e. The van der Waals surface area contributed by atoms with Crippen LogP contribution in [-0.2, 0) is 11.3 Å². The Morgan fingerprint density at radius 3 is 2.74 bits per heavy atom. The van der Waals surface area contributed by atoms with Crippen LogP contribution in [0.1, 0.15) is 30.4 Å². The van der Waals surface area contributed by atoms with E-state index in [4.69, 9.17) is 33.3 Å². The molecule has 1 aliphatic heterocycles. The van der Waals surface area contributed by atoms with Crippen LogP contribution in [0.3, 0.4) is 0 Å². The van der Waals surface area contributed by atoms with Crippen molar-refractivity contribution in [2.45, 2.75) is 25.6 Å². The van der Waals surface area contributed by atoms with Gasteiger partial charge in [-0.05, 0) is 61.6 Å². The van der Waals surface area contributed by atoms with Gasteiger partial charge in [-0.15, -0.1) is 0 Å². The number of halogens is 1. The van der Waals surface area contributed by atoms with Crippen molar-refractivity contribution in [3.63, 3.8) is 0 Å². The number of rotatable bonds is 8. The normalized spacial score (nSPS) is 18.3. The molecule has 3 heterocycles. The Labute approximate surface area is 192 Å². The van der Waals surface area contributed by atoms with E-state index in [0.29, 0.717) is 29.1 Å². The van der Waals surface area contributed by atoms with Gasteiger partial charge in [0, 0.05) is 37.4 Å². The molecule has 31 heavy (non-hydrogen) atoms. The fourth-order valence-corrected chi connectivity index (χ4v) is 4.48. The van der Waals surface area contributed by atoms with E-state index in [0.717, 1.165) is 23.6 Å². The number of aryl methyl sites for hydroxylation is 1. The zero-order valence-corrected chi connectivity index (χ0v) is 19.1. The molecule has 1 saturated heterocycles. The molecule has 0 radical (unpaired) electrons. The molecule has 3 aromatic rings. The lowest BCUT2D eigenvalue weighted by molar-refractivity contribution is 0.146. The van der Waals surface area contributed by atoms with Crippen LogP contribution in [0.25, 0.3) is 0 Å².